The monoisotopic (exact) mass is 288 g/mol. The van der Waals surface area contributed by atoms with E-state index in [-0.39, 0.29) is 17.2 Å². The summed E-state index contributed by atoms with van der Waals surface area (Å²) in [5, 5.41) is 10.4. The molecular weight excluding hydrogens is 276 g/mol. The van der Waals surface area contributed by atoms with Crippen molar-refractivity contribution in [2.75, 3.05) is 13.2 Å². The molecule has 0 atom stereocenters. The van der Waals surface area contributed by atoms with Crippen LogP contribution in [0, 0.1) is 10.1 Å². The van der Waals surface area contributed by atoms with Crippen molar-refractivity contribution in [3.63, 3.8) is 0 Å². The molecule has 0 aliphatic rings. The molecule has 0 bridgehead atoms. The quantitative estimate of drug-likeness (QED) is 0.461. The van der Waals surface area contributed by atoms with Crippen LogP contribution in [0.4, 0.5) is 5.69 Å². The van der Waals surface area contributed by atoms with Crippen molar-refractivity contribution in [3.05, 3.63) is 34.4 Å². The predicted molar refractivity (Wildman–Crippen MR) is 64.9 cm³/mol. The summed E-state index contributed by atoms with van der Waals surface area (Å²) in [6.07, 6.45) is 0. The number of nitrogens with one attached hydrogen (secondary N) is 1. The van der Waals surface area contributed by atoms with Gasteiger partial charge in [-0.05, 0) is 19.1 Å². The molecule has 1 aromatic rings. The van der Waals surface area contributed by atoms with Crippen molar-refractivity contribution in [2.24, 2.45) is 0 Å². The van der Waals surface area contributed by atoms with E-state index in [1.54, 1.807) is 6.92 Å². The third kappa shape index (κ3) is 4.30. The number of nitro groups is 1. The van der Waals surface area contributed by atoms with Crippen LogP contribution in [0.2, 0.25) is 0 Å². The van der Waals surface area contributed by atoms with Gasteiger partial charge in [0.25, 0.3) is 5.69 Å². The van der Waals surface area contributed by atoms with Gasteiger partial charge >= 0.3 is 5.97 Å². The number of nitrogens with zero attached hydrogens (tertiary/aromatic N) is 1. The number of benzene rings is 1. The van der Waals surface area contributed by atoms with Crippen LogP contribution >= 0.6 is 0 Å². The van der Waals surface area contributed by atoms with Gasteiger partial charge in [-0.15, -0.1) is 0 Å². The molecule has 9 heteroatoms. The second kappa shape index (κ2) is 6.25. The van der Waals surface area contributed by atoms with Crippen molar-refractivity contribution < 1.29 is 22.9 Å². The zero-order valence-electron chi connectivity index (χ0n) is 10.0. The maximum absolute atomic E-state index is 11.7. The second-order valence-corrected chi connectivity index (χ2v) is 5.15. The Morgan fingerprint density at radius 2 is 1.95 bits per heavy atom. The number of rotatable bonds is 6. The largest absolute Gasteiger partial charge is 0.465 e. The lowest BCUT2D eigenvalue weighted by molar-refractivity contribution is -0.384. The predicted octanol–water partition coefficient (Wildman–Crippen LogP) is 0.436. The van der Waals surface area contributed by atoms with Crippen molar-refractivity contribution >= 4 is 21.7 Å². The number of nitro benzene ring substituents is 1. The van der Waals surface area contributed by atoms with Gasteiger partial charge in [0.2, 0.25) is 10.0 Å². The average molecular weight is 288 g/mol. The van der Waals surface area contributed by atoms with E-state index in [0.29, 0.717) is 0 Å². The Labute approximate surface area is 109 Å². The van der Waals surface area contributed by atoms with Crippen molar-refractivity contribution in [1.29, 1.82) is 0 Å². The summed E-state index contributed by atoms with van der Waals surface area (Å²) in [6, 6.07) is 4.31. The molecule has 0 spiro atoms. The minimum atomic E-state index is -3.89. The van der Waals surface area contributed by atoms with Gasteiger partial charge in [0.1, 0.15) is 6.54 Å². The summed E-state index contributed by atoms with van der Waals surface area (Å²) in [6.45, 7) is 1.26. The third-order valence-corrected chi connectivity index (χ3v) is 3.49. The Morgan fingerprint density at radius 1 is 1.37 bits per heavy atom. The molecule has 0 saturated heterocycles. The van der Waals surface area contributed by atoms with E-state index < -0.39 is 27.5 Å². The molecule has 0 aliphatic heterocycles. The molecule has 8 nitrogen and oxygen atoms in total. The highest BCUT2D eigenvalue weighted by atomic mass is 32.2. The molecule has 0 fully saturated rings. The topological polar surface area (TPSA) is 116 Å². The lowest BCUT2D eigenvalue weighted by Crippen LogP contribution is -2.30. The van der Waals surface area contributed by atoms with Crippen LogP contribution in [0.3, 0.4) is 0 Å². The zero-order valence-corrected chi connectivity index (χ0v) is 10.8. The Bertz CT molecular complexity index is 566. The lowest BCUT2D eigenvalue weighted by atomic mass is 10.3. The Kier molecular flexibility index (Phi) is 4.95. The van der Waals surface area contributed by atoms with Gasteiger partial charge in [-0.1, -0.05) is 0 Å². The molecule has 1 aromatic carbocycles. The standard InChI is InChI=1S/C10H12N2O6S/c1-2-18-10(13)7-11-19(16,17)9-5-3-8(4-6-9)12(14)15/h3-6,11H,2,7H2,1H3. The molecule has 104 valence electrons. The van der Waals surface area contributed by atoms with Crippen LogP contribution in [0.5, 0.6) is 0 Å². The molecule has 0 unspecified atom stereocenters. The second-order valence-electron chi connectivity index (χ2n) is 3.38. The van der Waals surface area contributed by atoms with E-state index in [1.807, 2.05) is 4.72 Å². The normalized spacial score (nSPS) is 11.0. The smallest absolute Gasteiger partial charge is 0.321 e. The third-order valence-electron chi connectivity index (χ3n) is 2.07. The van der Waals surface area contributed by atoms with Crippen molar-refractivity contribution in [1.82, 2.24) is 4.72 Å². The molecule has 0 saturated carbocycles. The highest BCUT2D eigenvalue weighted by molar-refractivity contribution is 7.89. The van der Waals surface area contributed by atoms with E-state index in [1.165, 1.54) is 0 Å². The minimum Gasteiger partial charge on any atom is -0.465 e. The lowest BCUT2D eigenvalue weighted by Gasteiger charge is -2.06. The minimum absolute atomic E-state index is 0.151. The van der Waals surface area contributed by atoms with Crippen LogP contribution in [0.15, 0.2) is 29.2 Å². The van der Waals surface area contributed by atoms with Gasteiger partial charge in [0.05, 0.1) is 16.4 Å². The number of ether oxygens (including phenoxy) is 1. The van der Waals surface area contributed by atoms with E-state index in [4.69, 9.17) is 0 Å². The van der Waals surface area contributed by atoms with Crippen LogP contribution in [0.25, 0.3) is 0 Å². The number of sulfonamides is 1. The highest BCUT2D eigenvalue weighted by Gasteiger charge is 2.17. The summed E-state index contributed by atoms with van der Waals surface area (Å²) < 4.78 is 30.1. The molecule has 1 rings (SSSR count). The average Bonchev–Trinajstić information content (AvgIpc) is 2.37. The van der Waals surface area contributed by atoms with Crippen LogP contribution in [0.1, 0.15) is 6.92 Å². The van der Waals surface area contributed by atoms with Gasteiger partial charge in [0.15, 0.2) is 0 Å². The maximum Gasteiger partial charge on any atom is 0.321 e. The Hall–Kier alpha value is -2.00. The van der Waals surface area contributed by atoms with Crippen LogP contribution in [-0.4, -0.2) is 32.5 Å². The SMILES string of the molecule is CCOC(=O)CNS(=O)(=O)c1ccc([N+](=O)[O-])cc1. The molecule has 19 heavy (non-hydrogen) atoms. The molecule has 0 aliphatic carbocycles. The van der Waals surface area contributed by atoms with E-state index in [0.717, 1.165) is 24.3 Å². The fourth-order valence-electron chi connectivity index (χ4n) is 1.20. The Balaban J connectivity index is 2.77. The molecule has 0 aromatic heterocycles. The summed E-state index contributed by atoms with van der Waals surface area (Å²) in [5.41, 5.74) is -0.218. The fraction of sp³-hybridized carbons (Fsp3) is 0.300. The first-order valence-electron chi connectivity index (χ1n) is 5.26. The van der Waals surface area contributed by atoms with E-state index in [2.05, 4.69) is 4.74 Å². The first-order chi connectivity index (χ1) is 8.86. The van der Waals surface area contributed by atoms with Gasteiger partial charge in [-0.3, -0.25) is 14.9 Å². The molecule has 0 heterocycles. The van der Waals surface area contributed by atoms with Gasteiger partial charge in [-0.25, -0.2) is 8.42 Å². The molecule has 0 amide bonds. The van der Waals surface area contributed by atoms with Crippen molar-refractivity contribution in [3.8, 4) is 0 Å². The maximum atomic E-state index is 11.7. The number of esters is 1. The number of hydrogen-bond acceptors (Lipinski definition) is 6. The molecular formula is C10H12N2O6S. The fourth-order valence-corrected chi connectivity index (χ4v) is 2.17. The van der Waals surface area contributed by atoms with E-state index in [9.17, 15) is 23.3 Å². The van der Waals surface area contributed by atoms with Gasteiger partial charge in [0, 0.05) is 12.1 Å². The summed E-state index contributed by atoms with van der Waals surface area (Å²) >= 11 is 0. The molecule has 1 N–H and O–H groups in total. The van der Waals surface area contributed by atoms with E-state index >= 15 is 0 Å². The summed E-state index contributed by atoms with van der Waals surface area (Å²) in [4.78, 5) is 20.7. The summed E-state index contributed by atoms with van der Waals surface area (Å²) in [7, 11) is -3.89. The summed E-state index contributed by atoms with van der Waals surface area (Å²) in [5.74, 6) is -0.701. The van der Waals surface area contributed by atoms with Crippen LogP contribution in [-0.2, 0) is 19.6 Å². The van der Waals surface area contributed by atoms with Gasteiger partial charge in [-0.2, -0.15) is 4.72 Å². The van der Waals surface area contributed by atoms with Gasteiger partial charge < -0.3 is 4.74 Å². The first-order valence-corrected chi connectivity index (χ1v) is 6.75. The number of hydrogen-bond donors (Lipinski definition) is 1. The van der Waals surface area contributed by atoms with Crippen LogP contribution < -0.4 is 4.72 Å². The highest BCUT2D eigenvalue weighted by Crippen LogP contribution is 2.15. The van der Waals surface area contributed by atoms with Crippen molar-refractivity contribution in [2.45, 2.75) is 11.8 Å². The first kappa shape index (κ1) is 15.1. The number of carbonyl (C=O) groups excluding carboxylic acids is 1. The zero-order chi connectivity index (χ0) is 14.5. The number of non-ortho nitro benzene ring substituents is 1. The Morgan fingerprint density at radius 3 is 2.42 bits per heavy atom. The number of carbonyl (C=O) groups is 1. The molecule has 0 radical (unpaired) electrons.